The lowest BCUT2D eigenvalue weighted by molar-refractivity contribution is 0.0745. The monoisotopic (exact) mass is 423 g/mol. The van der Waals surface area contributed by atoms with Gasteiger partial charge < -0.3 is 15.5 Å². The van der Waals surface area contributed by atoms with Gasteiger partial charge in [-0.3, -0.25) is 9.59 Å². The van der Waals surface area contributed by atoms with Crippen molar-refractivity contribution in [1.29, 1.82) is 0 Å². The molecule has 8 heteroatoms. The van der Waals surface area contributed by atoms with E-state index in [0.717, 1.165) is 17.1 Å². The van der Waals surface area contributed by atoms with Crippen LogP contribution < -0.4 is 10.6 Å². The van der Waals surface area contributed by atoms with Gasteiger partial charge in [0.05, 0.1) is 28.2 Å². The third-order valence-corrected chi connectivity index (χ3v) is 5.72. The highest BCUT2D eigenvalue weighted by Gasteiger charge is 2.25. The van der Waals surface area contributed by atoms with Gasteiger partial charge in [0.2, 0.25) is 5.91 Å². The van der Waals surface area contributed by atoms with E-state index in [9.17, 15) is 9.59 Å². The third-order valence-electron chi connectivity index (χ3n) is 5.40. The molecule has 7 nitrogen and oxygen atoms in total. The molecule has 154 valence electrons. The Morgan fingerprint density at radius 3 is 2.30 bits per heavy atom. The first-order valence-electron chi connectivity index (χ1n) is 9.69. The zero-order chi connectivity index (χ0) is 21.3. The summed E-state index contributed by atoms with van der Waals surface area (Å²) in [4.78, 5) is 28.3. The van der Waals surface area contributed by atoms with E-state index in [1.54, 1.807) is 29.1 Å². The van der Waals surface area contributed by atoms with Crippen molar-refractivity contribution < 1.29 is 9.59 Å². The van der Waals surface area contributed by atoms with Crippen LogP contribution in [-0.2, 0) is 0 Å². The van der Waals surface area contributed by atoms with Crippen LogP contribution in [-0.4, -0.2) is 52.7 Å². The Morgan fingerprint density at radius 2 is 1.67 bits per heavy atom. The lowest BCUT2D eigenvalue weighted by Gasteiger charge is -2.36. The normalized spacial score (nSPS) is 14.1. The molecule has 4 rings (SSSR count). The van der Waals surface area contributed by atoms with Gasteiger partial charge in [-0.15, -0.1) is 0 Å². The average molecular weight is 424 g/mol. The number of hydrogen-bond donors (Lipinski definition) is 1. The Morgan fingerprint density at radius 1 is 1.00 bits per heavy atom. The van der Waals surface area contributed by atoms with Crippen molar-refractivity contribution in [3.63, 3.8) is 0 Å². The largest absolute Gasteiger partial charge is 0.368 e. The Hall–Kier alpha value is -3.32. The Bertz CT molecular complexity index is 1090. The Labute approximate surface area is 179 Å². The van der Waals surface area contributed by atoms with E-state index >= 15 is 0 Å². The lowest BCUT2D eigenvalue weighted by atomic mass is 10.1. The van der Waals surface area contributed by atoms with Gasteiger partial charge in [0.1, 0.15) is 0 Å². The van der Waals surface area contributed by atoms with E-state index in [1.165, 1.54) is 0 Å². The van der Waals surface area contributed by atoms with Gasteiger partial charge in [-0.25, -0.2) is 4.68 Å². The molecule has 1 aliphatic rings. The number of carbonyl (C=O) groups is 2. The molecule has 2 heterocycles. The molecule has 1 saturated heterocycles. The van der Waals surface area contributed by atoms with Crippen molar-refractivity contribution in [2.45, 2.75) is 6.92 Å². The first-order chi connectivity index (χ1) is 14.5. The van der Waals surface area contributed by atoms with Crippen LogP contribution in [0.5, 0.6) is 0 Å². The first kappa shape index (κ1) is 20.0. The van der Waals surface area contributed by atoms with E-state index in [2.05, 4.69) is 10.00 Å². The highest BCUT2D eigenvalue weighted by Crippen LogP contribution is 2.23. The van der Waals surface area contributed by atoms with E-state index in [1.807, 2.05) is 42.2 Å². The fourth-order valence-corrected chi connectivity index (χ4v) is 3.88. The van der Waals surface area contributed by atoms with Crippen LogP contribution in [0.2, 0.25) is 5.02 Å². The highest BCUT2D eigenvalue weighted by atomic mass is 35.5. The molecule has 1 fully saturated rings. The molecular weight excluding hydrogens is 402 g/mol. The number of para-hydroxylation sites is 1. The number of rotatable bonds is 4. The second-order valence-electron chi connectivity index (χ2n) is 7.20. The van der Waals surface area contributed by atoms with Gasteiger partial charge in [0.25, 0.3) is 5.91 Å². The molecule has 0 atom stereocenters. The number of aromatic nitrogens is 2. The molecule has 1 aliphatic heterocycles. The van der Waals surface area contributed by atoms with Crippen LogP contribution in [0.4, 0.5) is 5.69 Å². The summed E-state index contributed by atoms with van der Waals surface area (Å²) in [6, 6.07) is 14.6. The van der Waals surface area contributed by atoms with Crippen molar-refractivity contribution >= 4 is 29.1 Å². The molecule has 30 heavy (non-hydrogen) atoms. The molecule has 2 amide bonds. The number of nitrogens with two attached hydrogens (primary N) is 1. The number of anilines is 1. The van der Waals surface area contributed by atoms with Crippen molar-refractivity contribution in [3.8, 4) is 5.69 Å². The van der Waals surface area contributed by atoms with E-state index in [-0.39, 0.29) is 5.91 Å². The predicted octanol–water partition coefficient (Wildman–Crippen LogP) is 2.90. The minimum atomic E-state index is -0.440. The lowest BCUT2D eigenvalue weighted by Crippen LogP contribution is -2.48. The molecular formula is C22H22ClN5O2. The molecule has 0 unspecified atom stereocenters. The summed E-state index contributed by atoms with van der Waals surface area (Å²) in [5.74, 6) is -0.473. The number of piperazine rings is 1. The third kappa shape index (κ3) is 3.76. The van der Waals surface area contributed by atoms with Crippen molar-refractivity contribution in [2.24, 2.45) is 5.73 Å². The molecule has 0 spiro atoms. The summed E-state index contributed by atoms with van der Waals surface area (Å²) in [7, 11) is 0. The average Bonchev–Trinajstić information content (AvgIpc) is 3.15. The molecule has 2 aromatic carbocycles. The number of amides is 2. The quantitative estimate of drug-likeness (QED) is 0.699. The van der Waals surface area contributed by atoms with Gasteiger partial charge in [0, 0.05) is 37.4 Å². The fraction of sp³-hybridized carbons (Fsp3) is 0.227. The van der Waals surface area contributed by atoms with Crippen LogP contribution in [0, 0.1) is 6.92 Å². The second-order valence-corrected chi connectivity index (χ2v) is 7.60. The minimum absolute atomic E-state index is 0.0328. The standard InChI is InChI=1S/C22H22ClN5O2/c1-15-18(14-25-28(15)20-5-3-2-4-19(20)23)22(30)27-12-10-26(11-13-27)17-8-6-16(7-9-17)21(24)29/h2-9,14H,10-13H2,1H3,(H2,24,29). The van der Waals surface area contributed by atoms with Crippen LogP contribution in [0.3, 0.4) is 0 Å². The van der Waals surface area contributed by atoms with Crippen LogP contribution >= 0.6 is 11.6 Å². The molecule has 0 radical (unpaired) electrons. The summed E-state index contributed by atoms with van der Waals surface area (Å²) in [5.41, 5.74) is 8.88. The maximum Gasteiger partial charge on any atom is 0.257 e. The summed E-state index contributed by atoms with van der Waals surface area (Å²) >= 11 is 6.28. The van der Waals surface area contributed by atoms with Gasteiger partial charge in [-0.1, -0.05) is 23.7 Å². The van der Waals surface area contributed by atoms with Crippen molar-refractivity contribution in [3.05, 3.63) is 76.6 Å². The van der Waals surface area contributed by atoms with Crippen LogP contribution in [0.25, 0.3) is 5.69 Å². The Balaban J connectivity index is 1.45. The maximum absolute atomic E-state index is 13.1. The fourth-order valence-electron chi connectivity index (χ4n) is 3.66. The first-order valence-corrected chi connectivity index (χ1v) is 10.1. The summed E-state index contributed by atoms with van der Waals surface area (Å²) in [6.45, 7) is 4.50. The predicted molar refractivity (Wildman–Crippen MR) is 116 cm³/mol. The molecule has 3 aromatic rings. The number of carbonyl (C=O) groups excluding carboxylic acids is 2. The summed E-state index contributed by atoms with van der Waals surface area (Å²) < 4.78 is 1.70. The zero-order valence-electron chi connectivity index (χ0n) is 16.6. The van der Waals surface area contributed by atoms with E-state index in [4.69, 9.17) is 17.3 Å². The topological polar surface area (TPSA) is 84.5 Å². The molecule has 2 N–H and O–H groups in total. The van der Waals surface area contributed by atoms with Gasteiger partial charge >= 0.3 is 0 Å². The van der Waals surface area contributed by atoms with E-state index in [0.29, 0.717) is 42.3 Å². The second kappa shape index (κ2) is 8.20. The SMILES string of the molecule is Cc1c(C(=O)N2CCN(c3ccc(C(N)=O)cc3)CC2)cnn1-c1ccccc1Cl. The number of hydrogen-bond acceptors (Lipinski definition) is 4. The number of nitrogens with zero attached hydrogens (tertiary/aromatic N) is 4. The van der Waals surface area contributed by atoms with Crippen molar-refractivity contribution in [1.82, 2.24) is 14.7 Å². The zero-order valence-corrected chi connectivity index (χ0v) is 17.3. The highest BCUT2D eigenvalue weighted by molar-refractivity contribution is 6.32. The maximum atomic E-state index is 13.1. The van der Waals surface area contributed by atoms with Gasteiger partial charge in [-0.05, 0) is 43.3 Å². The van der Waals surface area contributed by atoms with Gasteiger partial charge in [-0.2, -0.15) is 5.10 Å². The number of halogens is 1. The minimum Gasteiger partial charge on any atom is -0.368 e. The van der Waals surface area contributed by atoms with E-state index < -0.39 is 5.91 Å². The molecule has 0 bridgehead atoms. The number of benzene rings is 2. The van der Waals surface area contributed by atoms with Crippen molar-refractivity contribution in [2.75, 3.05) is 31.1 Å². The van der Waals surface area contributed by atoms with Crippen LogP contribution in [0.15, 0.2) is 54.7 Å². The Kier molecular flexibility index (Phi) is 5.46. The summed E-state index contributed by atoms with van der Waals surface area (Å²) in [6.07, 6.45) is 1.61. The smallest absolute Gasteiger partial charge is 0.257 e. The molecule has 1 aromatic heterocycles. The summed E-state index contributed by atoms with van der Waals surface area (Å²) in [5, 5.41) is 4.97. The van der Waals surface area contributed by atoms with Gasteiger partial charge in [0.15, 0.2) is 0 Å². The molecule has 0 saturated carbocycles. The van der Waals surface area contributed by atoms with Crippen LogP contribution in [0.1, 0.15) is 26.4 Å². The number of primary amides is 1. The molecule has 0 aliphatic carbocycles.